The second-order valence-corrected chi connectivity index (χ2v) is 5.96. The van der Waals surface area contributed by atoms with Gasteiger partial charge in [-0.25, -0.2) is 4.98 Å². The van der Waals surface area contributed by atoms with Gasteiger partial charge in [0.2, 0.25) is 5.95 Å². The molecule has 1 saturated heterocycles. The molecule has 0 saturated carbocycles. The zero-order valence-corrected chi connectivity index (χ0v) is 13.3. The molecular formula is C18H24N4. The first-order valence-corrected chi connectivity index (χ1v) is 8.16. The summed E-state index contributed by atoms with van der Waals surface area (Å²) in [4.78, 5) is 13.8. The lowest BCUT2D eigenvalue weighted by Gasteiger charge is -2.23. The summed E-state index contributed by atoms with van der Waals surface area (Å²) in [6.45, 7) is 3.01. The molecular weight excluding hydrogens is 272 g/mol. The minimum Gasteiger partial charge on any atom is -0.355 e. The van der Waals surface area contributed by atoms with Gasteiger partial charge in [0.1, 0.15) is 5.82 Å². The van der Waals surface area contributed by atoms with Gasteiger partial charge in [-0.2, -0.15) is 4.98 Å². The molecule has 22 heavy (non-hydrogen) atoms. The maximum Gasteiger partial charge on any atom is 0.227 e. The summed E-state index contributed by atoms with van der Waals surface area (Å²) in [5.41, 5.74) is 1.29. The van der Waals surface area contributed by atoms with Gasteiger partial charge >= 0.3 is 0 Å². The van der Waals surface area contributed by atoms with Gasteiger partial charge in [-0.05, 0) is 24.5 Å². The van der Waals surface area contributed by atoms with Crippen LogP contribution in [0.4, 0.5) is 11.8 Å². The summed E-state index contributed by atoms with van der Waals surface area (Å²) in [5, 5.41) is 0. The van der Waals surface area contributed by atoms with E-state index < -0.39 is 0 Å². The highest BCUT2D eigenvalue weighted by molar-refractivity contribution is 5.43. The lowest BCUT2D eigenvalue weighted by Crippen LogP contribution is -2.27. The molecule has 0 atom stereocenters. The molecule has 0 radical (unpaired) electrons. The summed E-state index contributed by atoms with van der Waals surface area (Å²) in [6.07, 6.45) is 7.01. The Bertz CT molecular complexity index is 577. The Morgan fingerprint density at radius 3 is 2.45 bits per heavy atom. The Labute approximate surface area is 132 Å². The molecule has 0 N–H and O–H groups in total. The van der Waals surface area contributed by atoms with Crippen LogP contribution in [0, 0.1) is 0 Å². The van der Waals surface area contributed by atoms with E-state index in [4.69, 9.17) is 4.98 Å². The molecule has 2 aromatic rings. The number of benzene rings is 1. The first-order valence-electron chi connectivity index (χ1n) is 8.16. The van der Waals surface area contributed by atoms with Crippen molar-refractivity contribution in [1.29, 1.82) is 0 Å². The number of hydrogen-bond acceptors (Lipinski definition) is 4. The standard InChI is InChI=1S/C18H24N4/c1-21(15-16-9-5-4-6-10-16)17-11-12-19-18(20-17)22-13-7-2-3-8-14-22/h4-6,9-12H,2-3,7-8,13-15H2,1H3. The highest BCUT2D eigenvalue weighted by Crippen LogP contribution is 2.19. The van der Waals surface area contributed by atoms with Crippen LogP contribution in [0.1, 0.15) is 31.2 Å². The van der Waals surface area contributed by atoms with E-state index in [1.54, 1.807) is 0 Å². The van der Waals surface area contributed by atoms with Crippen molar-refractivity contribution < 1.29 is 0 Å². The van der Waals surface area contributed by atoms with Crippen molar-refractivity contribution in [2.75, 3.05) is 29.9 Å². The average molecular weight is 296 g/mol. The minimum absolute atomic E-state index is 0.858. The highest BCUT2D eigenvalue weighted by Gasteiger charge is 2.13. The van der Waals surface area contributed by atoms with Gasteiger partial charge in [-0.1, -0.05) is 43.2 Å². The third kappa shape index (κ3) is 3.75. The zero-order chi connectivity index (χ0) is 15.2. The van der Waals surface area contributed by atoms with E-state index in [-0.39, 0.29) is 0 Å². The smallest absolute Gasteiger partial charge is 0.227 e. The average Bonchev–Trinajstić information content (AvgIpc) is 2.85. The van der Waals surface area contributed by atoms with Crippen LogP contribution in [0.25, 0.3) is 0 Å². The lowest BCUT2D eigenvalue weighted by molar-refractivity contribution is 0.726. The number of aromatic nitrogens is 2. The predicted molar refractivity (Wildman–Crippen MR) is 91.3 cm³/mol. The van der Waals surface area contributed by atoms with Crippen LogP contribution in [0.2, 0.25) is 0 Å². The molecule has 0 amide bonds. The minimum atomic E-state index is 0.858. The van der Waals surface area contributed by atoms with Gasteiger partial charge in [0, 0.05) is 32.9 Å². The number of anilines is 2. The van der Waals surface area contributed by atoms with Crippen molar-refractivity contribution >= 4 is 11.8 Å². The predicted octanol–water partition coefficient (Wildman–Crippen LogP) is 3.49. The number of nitrogens with zero attached hydrogens (tertiary/aromatic N) is 4. The fourth-order valence-electron chi connectivity index (χ4n) is 2.91. The normalized spacial score (nSPS) is 15.4. The molecule has 116 valence electrons. The van der Waals surface area contributed by atoms with Gasteiger partial charge in [-0.3, -0.25) is 0 Å². The molecule has 4 heteroatoms. The van der Waals surface area contributed by atoms with Crippen LogP contribution in [0.5, 0.6) is 0 Å². The van der Waals surface area contributed by atoms with Gasteiger partial charge in [0.15, 0.2) is 0 Å². The first-order chi connectivity index (χ1) is 10.8. The van der Waals surface area contributed by atoms with Crippen LogP contribution in [0.15, 0.2) is 42.6 Å². The number of rotatable bonds is 4. The number of hydrogen-bond donors (Lipinski definition) is 0. The van der Waals surface area contributed by atoms with Gasteiger partial charge in [0.25, 0.3) is 0 Å². The van der Waals surface area contributed by atoms with E-state index in [2.05, 4.69) is 46.1 Å². The molecule has 0 aliphatic carbocycles. The summed E-state index contributed by atoms with van der Waals surface area (Å²) < 4.78 is 0. The Balaban J connectivity index is 1.72. The zero-order valence-electron chi connectivity index (χ0n) is 13.3. The molecule has 4 nitrogen and oxygen atoms in total. The van der Waals surface area contributed by atoms with Crippen LogP contribution in [-0.4, -0.2) is 30.1 Å². The third-order valence-corrected chi connectivity index (χ3v) is 4.17. The fraction of sp³-hybridized carbons (Fsp3) is 0.444. The van der Waals surface area contributed by atoms with Gasteiger partial charge in [-0.15, -0.1) is 0 Å². The summed E-state index contributed by atoms with van der Waals surface area (Å²) in [6, 6.07) is 12.5. The van der Waals surface area contributed by atoms with Gasteiger partial charge in [0.05, 0.1) is 0 Å². The third-order valence-electron chi connectivity index (χ3n) is 4.17. The molecule has 1 aromatic heterocycles. The Kier molecular flexibility index (Phi) is 4.88. The fourth-order valence-corrected chi connectivity index (χ4v) is 2.91. The molecule has 1 fully saturated rings. The second kappa shape index (κ2) is 7.25. The largest absolute Gasteiger partial charge is 0.355 e. The molecule has 3 rings (SSSR count). The van der Waals surface area contributed by atoms with Crippen molar-refractivity contribution in [1.82, 2.24) is 9.97 Å². The Morgan fingerprint density at radius 1 is 1.00 bits per heavy atom. The molecule has 1 aliphatic heterocycles. The van der Waals surface area contributed by atoms with Crippen molar-refractivity contribution in [3.63, 3.8) is 0 Å². The van der Waals surface area contributed by atoms with Crippen LogP contribution >= 0.6 is 0 Å². The van der Waals surface area contributed by atoms with E-state index in [0.29, 0.717) is 0 Å². The maximum atomic E-state index is 4.77. The van der Waals surface area contributed by atoms with E-state index in [9.17, 15) is 0 Å². The molecule has 1 aromatic carbocycles. The first kappa shape index (κ1) is 14.8. The maximum absolute atomic E-state index is 4.77. The highest BCUT2D eigenvalue weighted by atomic mass is 15.3. The van der Waals surface area contributed by atoms with Crippen LogP contribution in [-0.2, 0) is 6.54 Å². The van der Waals surface area contributed by atoms with Crippen molar-refractivity contribution in [3.8, 4) is 0 Å². The summed E-state index contributed by atoms with van der Waals surface area (Å²) in [7, 11) is 2.08. The summed E-state index contributed by atoms with van der Waals surface area (Å²) >= 11 is 0. The molecule has 0 spiro atoms. The Morgan fingerprint density at radius 2 is 1.73 bits per heavy atom. The Hall–Kier alpha value is -2.10. The van der Waals surface area contributed by atoms with E-state index in [1.807, 2.05) is 18.3 Å². The topological polar surface area (TPSA) is 32.3 Å². The molecule has 1 aliphatic rings. The molecule has 2 heterocycles. The van der Waals surface area contributed by atoms with E-state index in [0.717, 1.165) is 31.4 Å². The molecule has 0 unspecified atom stereocenters. The van der Waals surface area contributed by atoms with Crippen LogP contribution in [0.3, 0.4) is 0 Å². The molecule has 0 bridgehead atoms. The van der Waals surface area contributed by atoms with E-state index >= 15 is 0 Å². The quantitative estimate of drug-likeness (QED) is 0.864. The van der Waals surface area contributed by atoms with Crippen molar-refractivity contribution in [3.05, 3.63) is 48.2 Å². The van der Waals surface area contributed by atoms with E-state index in [1.165, 1.54) is 31.2 Å². The van der Waals surface area contributed by atoms with Crippen molar-refractivity contribution in [2.45, 2.75) is 32.2 Å². The van der Waals surface area contributed by atoms with Gasteiger partial charge < -0.3 is 9.80 Å². The second-order valence-electron chi connectivity index (χ2n) is 5.96. The monoisotopic (exact) mass is 296 g/mol. The SMILES string of the molecule is CN(Cc1ccccc1)c1ccnc(N2CCCCCC2)n1. The van der Waals surface area contributed by atoms with Crippen molar-refractivity contribution in [2.24, 2.45) is 0 Å². The lowest BCUT2D eigenvalue weighted by atomic mass is 10.2. The summed E-state index contributed by atoms with van der Waals surface area (Å²) in [5.74, 6) is 1.86. The van der Waals surface area contributed by atoms with Crippen LogP contribution < -0.4 is 9.80 Å².